The third-order valence-electron chi connectivity index (χ3n) is 2.81. The fourth-order valence-electron chi connectivity index (χ4n) is 1.84. The van der Waals surface area contributed by atoms with E-state index in [0.717, 1.165) is 4.59 Å². The van der Waals surface area contributed by atoms with E-state index in [9.17, 15) is 4.79 Å². The van der Waals surface area contributed by atoms with Crippen LogP contribution in [0.4, 0.5) is 17.6 Å². The van der Waals surface area contributed by atoms with Crippen LogP contribution in [0.5, 0.6) is 0 Å². The number of rotatable bonds is 3. The van der Waals surface area contributed by atoms with Gasteiger partial charge in [-0.15, -0.1) is 10.2 Å². The van der Waals surface area contributed by atoms with Gasteiger partial charge in [0.1, 0.15) is 13.7 Å². The van der Waals surface area contributed by atoms with Gasteiger partial charge in [0.05, 0.1) is 11.7 Å². The van der Waals surface area contributed by atoms with Crippen molar-refractivity contribution in [2.45, 2.75) is 0 Å². The molecule has 0 aliphatic heterocycles. The highest BCUT2D eigenvalue weighted by Gasteiger charge is 2.15. The number of carbonyl (C=O) groups excluding carboxylic acids is 1. The van der Waals surface area contributed by atoms with Crippen molar-refractivity contribution in [1.29, 1.82) is 0 Å². The lowest BCUT2D eigenvalue weighted by molar-refractivity contribution is 0.0995. The van der Waals surface area contributed by atoms with Crippen molar-refractivity contribution < 1.29 is 4.79 Å². The number of hydrogen-bond donors (Lipinski definition) is 3. The highest BCUT2D eigenvalue weighted by Crippen LogP contribution is 2.18. The molecule has 0 bridgehead atoms. The Balaban J connectivity index is 2.08. The first kappa shape index (κ1) is 13.8. The van der Waals surface area contributed by atoms with Crippen LogP contribution in [0.15, 0.2) is 12.3 Å². The van der Waals surface area contributed by atoms with Crippen LogP contribution in [0.2, 0.25) is 0 Å². The lowest BCUT2D eigenvalue weighted by atomic mass is 10.00. The molecule has 104 valence electrons. The lowest BCUT2D eigenvalue weighted by Crippen LogP contribution is -2.19. The minimum Gasteiger partial charge on any atom is -0.366 e. The third-order valence-corrected chi connectivity index (χ3v) is 2.81. The van der Waals surface area contributed by atoms with Crippen molar-refractivity contribution in [2.24, 2.45) is 5.73 Å². The van der Waals surface area contributed by atoms with Gasteiger partial charge >= 0.3 is 0 Å². The molecule has 0 spiro atoms. The number of pyridine rings is 1. The maximum Gasteiger partial charge on any atom is 0.273 e. The Bertz CT molecular complexity index is 893. The molecule has 0 aliphatic carbocycles. The molecule has 0 fully saturated rings. The normalized spacial score (nSPS) is 10.7. The molecule has 0 unspecified atom stereocenters. The quantitative estimate of drug-likeness (QED) is 0.458. The molecule has 12 heteroatoms. The van der Waals surface area contributed by atoms with E-state index in [4.69, 9.17) is 27.3 Å². The maximum atomic E-state index is 11.3. The number of nitrogen functional groups attached to an aromatic ring is 1. The lowest BCUT2D eigenvalue weighted by Gasteiger charge is -2.09. The van der Waals surface area contributed by atoms with E-state index in [-0.39, 0.29) is 28.9 Å². The number of nitrogens with one attached hydrogen (secondary N) is 1. The number of amides is 1. The van der Waals surface area contributed by atoms with Gasteiger partial charge in [0.15, 0.2) is 11.5 Å². The van der Waals surface area contributed by atoms with Crippen LogP contribution in [0, 0.1) is 0 Å². The smallest absolute Gasteiger partial charge is 0.273 e. The van der Waals surface area contributed by atoms with Crippen LogP contribution in [0.3, 0.4) is 0 Å². The molecular formula is C10H7B2N9O. The zero-order chi connectivity index (χ0) is 15.9. The van der Waals surface area contributed by atoms with E-state index in [2.05, 4.69) is 30.6 Å². The molecule has 0 atom stereocenters. The van der Waals surface area contributed by atoms with Gasteiger partial charge in [-0.1, -0.05) is 0 Å². The first-order valence-electron chi connectivity index (χ1n) is 5.92. The summed E-state index contributed by atoms with van der Waals surface area (Å²) in [6.07, 6.45) is 1.49. The van der Waals surface area contributed by atoms with Gasteiger partial charge in [-0.25, -0.2) is 4.98 Å². The minimum atomic E-state index is -0.819. The molecule has 0 saturated heterocycles. The van der Waals surface area contributed by atoms with E-state index in [1.165, 1.54) is 6.20 Å². The van der Waals surface area contributed by atoms with E-state index in [1.54, 1.807) is 6.07 Å². The Morgan fingerprint density at radius 2 is 2.09 bits per heavy atom. The topological polar surface area (TPSA) is 151 Å². The first-order valence-corrected chi connectivity index (χ1v) is 5.92. The van der Waals surface area contributed by atoms with Gasteiger partial charge < -0.3 is 21.4 Å². The standard InChI is InChI=1S/C10H7B2N9O/c11-7-3-2-15-21(12)4(3)1-5(16-7)17-9-6(8(13)22)19-20-10(14)18-9/h1-2H,(H2,13,22)(H3,14,16,17,18,20). The van der Waals surface area contributed by atoms with Crippen LogP contribution in [0.25, 0.3) is 10.9 Å². The van der Waals surface area contributed by atoms with E-state index >= 15 is 0 Å². The Labute approximate surface area is 126 Å². The van der Waals surface area contributed by atoms with E-state index in [0.29, 0.717) is 10.9 Å². The monoisotopic (exact) mass is 291 g/mol. The fraction of sp³-hybridized carbons (Fsp3) is 0. The number of fused-ring (bicyclic) bond motifs is 1. The molecule has 3 rings (SSSR count). The molecular weight excluding hydrogens is 284 g/mol. The van der Waals surface area contributed by atoms with E-state index < -0.39 is 5.91 Å². The van der Waals surface area contributed by atoms with Gasteiger partial charge in [-0.3, -0.25) is 4.79 Å². The number of nitrogens with two attached hydrogens (primary N) is 2. The number of nitrogens with zero attached hydrogens (tertiary/aromatic N) is 6. The molecule has 10 nitrogen and oxygen atoms in total. The van der Waals surface area contributed by atoms with Gasteiger partial charge in [0, 0.05) is 17.0 Å². The number of aromatic nitrogens is 6. The maximum absolute atomic E-state index is 11.3. The van der Waals surface area contributed by atoms with Gasteiger partial charge in [0.25, 0.3) is 13.9 Å². The number of hydrogen-bond acceptors (Lipinski definition) is 8. The molecule has 0 saturated carbocycles. The van der Waals surface area contributed by atoms with Gasteiger partial charge in [-0.05, 0) is 0 Å². The van der Waals surface area contributed by atoms with Crippen LogP contribution in [-0.2, 0) is 0 Å². The summed E-state index contributed by atoms with van der Waals surface area (Å²) in [5.74, 6) is -0.681. The summed E-state index contributed by atoms with van der Waals surface area (Å²) in [4.78, 5) is 19.3. The van der Waals surface area contributed by atoms with Crippen molar-refractivity contribution in [1.82, 2.24) is 29.9 Å². The second kappa shape index (κ2) is 4.98. The highest BCUT2D eigenvalue weighted by molar-refractivity contribution is 6.37. The minimum absolute atomic E-state index is 0.00865. The summed E-state index contributed by atoms with van der Waals surface area (Å²) in [6.45, 7) is 0. The highest BCUT2D eigenvalue weighted by atomic mass is 16.1. The molecule has 5 N–H and O–H groups in total. The molecule has 3 aromatic heterocycles. The largest absolute Gasteiger partial charge is 0.366 e. The molecule has 0 aromatic carbocycles. The average Bonchev–Trinajstić information content (AvgIpc) is 2.81. The van der Waals surface area contributed by atoms with Crippen LogP contribution < -0.4 is 22.4 Å². The summed E-state index contributed by atoms with van der Waals surface area (Å²) in [5.41, 5.74) is 11.2. The number of carbonyl (C=O) groups is 1. The summed E-state index contributed by atoms with van der Waals surface area (Å²) in [5, 5.41) is 14.3. The van der Waals surface area contributed by atoms with Crippen molar-refractivity contribution in [3.05, 3.63) is 18.0 Å². The fourth-order valence-corrected chi connectivity index (χ4v) is 1.84. The number of anilines is 3. The average molecular weight is 291 g/mol. The molecule has 3 heterocycles. The summed E-state index contributed by atoms with van der Waals surface area (Å²) in [6, 6.07) is 1.57. The third kappa shape index (κ3) is 2.30. The van der Waals surface area contributed by atoms with Crippen molar-refractivity contribution >= 4 is 55.8 Å². The Morgan fingerprint density at radius 3 is 2.82 bits per heavy atom. The zero-order valence-corrected chi connectivity index (χ0v) is 11.1. The Kier molecular flexibility index (Phi) is 3.13. The Morgan fingerprint density at radius 1 is 1.32 bits per heavy atom. The summed E-state index contributed by atoms with van der Waals surface area (Å²) >= 11 is 0. The van der Waals surface area contributed by atoms with Crippen LogP contribution >= 0.6 is 0 Å². The summed E-state index contributed by atoms with van der Waals surface area (Å²) < 4.78 is 1.14. The van der Waals surface area contributed by atoms with Crippen molar-refractivity contribution in [3.8, 4) is 0 Å². The predicted molar refractivity (Wildman–Crippen MR) is 80.1 cm³/mol. The zero-order valence-electron chi connectivity index (χ0n) is 11.1. The van der Waals surface area contributed by atoms with Gasteiger partial charge in [0.2, 0.25) is 5.95 Å². The second-order valence-electron chi connectivity index (χ2n) is 4.27. The first-order chi connectivity index (χ1) is 10.5. The van der Waals surface area contributed by atoms with Crippen LogP contribution in [0.1, 0.15) is 10.5 Å². The number of primary amides is 1. The Hall–Kier alpha value is -3.17. The molecule has 3 aromatic rings. The van der Waals surface area contributed by atoms with Crippen LogP contribution in [-0.4, -0.2) is 51.6 Å². The van der Waals surface area contributed by atoms with E-state index in [1.807, 2.05) is 0 Å². The SMILES string of the molecule is [B]c1nc(Nc2nc(N)nnc2C(N)=O)cc2c1cnn2[B]. The second-order valence-corrected chi connectivity index (χ2v) is 4.27. The molecule has 0 aliphatic rings. The molecule has 22 heavy (non-hydrogen) atoms. The molecule has 1 amide bonds. The molecule has 4 radical (unpaired) electrons. The summed E-state index contributed by atoms with van der Waals surface area (Å²) in [7, 11) is 11.5. The van der Waals surface area contributed by atoms with Crippen molar-refractivity contribution in [2.75, 3.05) is 11.1 Å². The van der Waals surface area contributed by atoms with Crippen molar-refractivity contribution in [3.63, 3.8) is 0 Å². The predicted octanol–water partition coefficient (Wildman–Crippen LogP) is -2.23. The van der Waals surface area contributed by atoms with Gasteiger partial charge in [-0.2, -0.15) is 10.1 Å².